The monoisotopic (exact) mass is 350 g/mol. The fraction of sp³-hybridized carbons (Fsp3) is 0.375. The Balaban J connectivity index is 1.83. The van der Waals surface area contributed by atoms with Crippen molar-refractivity contribution in [2.75, 3.05) is 28.8 Å². The molecular weight excluding hydrogens is 331 g/mol. The number of halogens is 1. The molecule has 3 rings (SSSR count). The van der Waals surface area contributed by atoms with E-state index < -0.39 is 9.84 Å². The molecule has 0 aliphatic carbocycles. The maximum absolute atomic E-state index is 13.3. The molecular formula is C16H19FN4O2S. The third-order valence-corrected chi connectivity index (χ3v) is 5.79. The van der Waals surface area contributed by atoms with E-state index in [-0.39, 0.29) is 23.4 Å². The number of aryl methyl sites for hydroxylation is 1. The molecule has 1 unspecified atom stereocenters. The number of nitrogens with zero attached hydrogens (tertiary/aromatic N) is 3. The van der Waals surface area contributed by atoms with E-state index in [9.17, 15) is 12.8 Å². The first-order chi connectivity index (χ1) is 11.3. The van der Waals surface area contributed by atoms with Crippen LogP contribution in [0, 0.1) is 12.7 Å². The van der Waals surface area contributed by atoms with Gasteiger partial charge in [-0.1, -0.05) is 6.07 Å². The minimum absolute atomic E-state index is 0.0914. The van der Waals surface area contributed by atoms with Crippen molar-refractivity contribution in [1.29, 1.82) is 0 Å². The number of rotatable bonds is 4. The lowest BCUT2D eigenvalue weighted by atomic mass is 10.2. The molecule has 1 aromatic heterocycles. The number of sulfone groups is 1. The molecule has 0 saturated carbocycles. The van der Waals surface area contributed by atoms with Gasteiger partial charge in [-0.25, -0.2) is 17.8 Å². The highest BCUT2D eigenvalue weighted by Crippen LogP contribution is 2.24. The van der Waals surface area contributed by atoms with Crippen molar-refractivity contribution in [1.82, 2.24) is 9.97 Å². The minimum atomic E-state index is -2.96. The molecule has 0 radical (unpaired) electrons. The van der Waals surface area contributed by atoms with Crippen LogP contribution in [0.5, 0.6) is 0 Å². The van der Waals surface area contributed by atoms with E-state index in [0.717, 1.165) is 5.69 Å². The molecule has 0 amide bonds. The van der Waals surface area contributed by atoms with Gasteiger partial charge in [-0.2, -0.15) is 4.98 Å². The molecule has 2 aromatic rings. The highest BCUT2D eigenvalue weighted by molar-refractivity contribution is 7.91. The average molecular weight is 350 g/mol. The predicted octanol–water partition coefficient (Wildman–Crippen LogP) is 2.29. The van der Waals surface area contributed by atoms with E-state index in [4.69, 9.17) is 0 Å². The standard InChI is InChI=1S/C16H19FN4O2S/c1-11-8-15(21(2)14-6-7-24(22,23)10-14)20-16(18-11)19-13-5-3-4-12(17)9-13/h3-5,8-9,14H,6-7,10H2,1-2H3,(H,18,19,20). The number of anilines is 3. The SMILES string of the molecule is Cc1cc(N(C)C2CCS(=O)(=O)C2)nc(Nc2cccc(F)c2)n1. The van der Waals surface area contributed by atoms with Gasteiger partial charge in [0.2, 0.25) is 5.95 Å². The van der Waals surface area contributed by atoms with Gasteiger partial charge in [-0.15, -0.1) is 0 Å². The third kappa shape index (κ3) is 3.81. The second kappa shape index (κ2) is 6.35. The topological polar surface area (TPSA) is 75.2 Å². The summed E-state index contributed by atoms with van der Waals surface area (Å²) in [6.07, 6.45) is 0.592. The summed E-state index contributed by atoms with van der Waals surface area (Å²) >= 11 is 0. The van der Waals surface area contributed by atoms with E-state index in [1.807, 2.05) is 24.9 Å². The van der Waals surface area contributed by atoms with Crippen LogP contribution in [0.25, 0.3) is 0 Å². The summed E-state index contributed by atoms with van der Waals surface area (Å²) < 4.78 is 36.6. The fourth-order valence-corrected chi connectivity index (χ4v) is 4.53. The van der Waals surface area contributed by atoms with Crippen molar-refractivity contribution < 1.29 is 12.8 Å². The highest BCUT2D eigenvalue weighted by atomic mass is 32.2. The molecule has 128 valence electrons. The minimum Gasteiger partial charge on any atom is -0.355 e. The van der Waals surface area contributed by atoms with Gasteiger partial charge < -0.3 is 10.2 Å². The van der Waals surface area contributed by atoms with Gasteiger partial charge in [0.05, 0.1) is 11.5 Å². The summed E-state index contributed by atoms with van der Waals surface area (Å²) in [5.74, 6) is 0.993. The maximum atomic E-state index is 13.3. The Bertz CT molecular complexity index is 857. The summed E-state index contributed by atoms with van der Waals surface area (Å²) in [6.45, 7) is 1.83. The van der Waals surface area contributed by atoms with E-state index >= 15 is 0 Å². The number of nitrogens with one attached hydrogen (secondary N) is 1. The fourth-order valence-electron chi connectivity index (χ4n) is 2.75. The van der Waals surface area contributed by atoms with Crippen LogP contribution in [0.1, 0.15) is 12.1 Å². The second-order valence-electron chi connectivity index (χ2n) is 5.99. The van der Waals surface area contributed by atoms with Crippen LogP contribution in [0.4, 0.5) is 21.8 Å². The summed E-state index contributed by atoms with van der Waals surface area (Å²) in [5.41, 5.74) is 1.30. The average Bonchev–Trinajstić information content (AvgIpc) is 2.86. The van der Waals surface area contributed by atoms with Crippen molar-refractivity contribution in [2.45, 2.75) is 19.4 Å². The van der Waals surface area contributed by atoms with Crippen LogP contribution in [-0.2, 0) is 9.84 Å². The van der Waals surface area contributed by atoms with Crippen molar-refractivity contribution in [3.63, 3.8) is 0 Å². The molecule has 1 saturated heterocycles. The largest absolute Gasteiger partial charge is 0.355 e. The van der Waals surface area contributed by atoms with Crippen molar-refractivity contribution in [3.8, 4) is 0 Å². The molecule has 2 heterocycles. The Morgan fingerprint density at radius 1 is 1.29 bits per heavy atom. The van der Waals surface area contributed by atoms with Gasteiger partial charge in [-0.3, -0.25) is 0 Å². The molecule has 0 bridgehead atoms. The normalized spacial score (nSPS) is 19.2. The van der Waals surface area contributed by atoms with Crippen LogP contribution in [0.15, 0.2) is 30.3 Å². The molecule has 1 N–H and O–H groups in total. The Kier molecular flexibility index (Phi) is 4.40. The molecule has 6 nitrogen and oxygen atoms in total. The number of benzene rings is 1. The summed E-state index contributed by atoms with van der Waals surface area (Å²) in [5, 5.41) is 2.98. The van der Waals surface area contributed by atoms with Gasteiger partial charge >= 0.3 is 0 Å². The Hall–Kier alpha value is -2.22. The Morgan fingerprint density at radius 3 is 2.75 bits per heavy atom. The van der Waals surface area contributed by atoms with Crippen molar-refractivity contribution in [2.24, 2.45) is 0 Å². The maximum Gasteiger partial charge on any atom is 0.229 e. The molecule has 1 atom stereocenters. The molecule has 1 aliphatic heterocycles. The lowest BCUT2D eigenvalue weighted by Crippen LogP contribution is -2.33. The first kappa shape index (κ1) is 16.6. The zero-order valence-electron chi connectivity index (χ0n) is 13.5. The van der Waals surface area contributed by atoms with Crippen molar-refractivity contribution in [3.05, 3.63) is 41.8 Å². The first-order valence-corrected chi connectivity index (χ1v) is 9.46. The van der Waals surface area contributed by atoms with Crippen LogP contribution in [0.3, 0.4) is 0 Å². The van der Waals surface area contributed by atoms with Gasteiger partial charge in [0.25, 0.3) is 0 Å². The zero-order chi connectivity index (χ0) is 17.3. The lowest BCUT2D eigenvalue weighted by Gasteiger charge is -2.25. The Morgan fingerprint density at radius 2 is 2.08 bits per heavy atom. The van der Waals surface area contributed by atoms with Crippen LogP contribution < -0.4 is 10.2 Å². The quantitative estimate of drug-likeness (QED) is 0.912. The molecule has 1 aliphatic rings. The van der Waals surface area contributed by atoms with E-state index in [2.05, 4.69) is 15.3 Å². The second-order valence-corrected chi connectivity index (χ2v) is 8.22. The van der Waals surface area contributed by atoms with Gasteiger partial charge in [0, 0.05) is 30.5 Å². The van der Waals surface area contributed by atoms with Crippen LogP contribution in [-0.4, -0.2) is 43.0 Å². The molecule has 1 fully saturated rings. The molecule has 8 heteroatoms. The summed E-state index contributed by atoms with van der Waals surface area (Å²) in [6, 6.07) is 7.76. The van der Waals surface area contributed by atoms with E-state index in [1.54, 1.807) is 12.1 Å². The van der Waals surface area contributed by atoms with Crippen LogP contribution >= 0.6 is 0 Å². The van der Waals surface area contributed by atoms with E-state index in [1.165, 1.54) is 12.1 Å². The first-order valence-electron chi connectivity index (χ1n) is 7.64. The zero-order valence-corrected chi connectivity index (χ0v) is 14.3. The molecule has 1 aromatic carbocycles. The van der Waals surface area contributed by atoms with Gasteiger partial charge in [0.15, 0.2) is 9.84 Å². The predicted molar refractivity (Wildman–Crippen MR) is 91.9 cm³/mol. The number of hydrogen-bond acceptors (Lipinski definition) is 6. The Labute approximate surface area is 140 Å². The van der Waals surface area contributed by atoms with E-state index in [0.29, 0.717) is 23.9 Å². The number of hydrogen-bond donors (Lipinski definition) is 1. The van der Waals surface area contributed by atoms with Crippen LogP contribution in [0.2, 0.25) is 0 Å². The van der Waals surface area contributed by atoms with Gasteiger partial charge in [0.1, 0.15) is 11.6 Å². The molecule has 0 spiro atoms. The smallest absolute Gasteiger partial charge is 0.229 e. The summed E-state index contributed by atoms with van der Waals surface area (Å²) in [7, 11) is -1.13. The number of aromatic nitrogens is 2. The third-order valence-electron chi connectivity index (χ3n) is 4.04. The van der Waals surface area contributed by atoms with Gasteiger partial charge in [-0.05, 0) is 31.5 Å². The molecule has 24 heavy (non-hydrogen) atoms. The summed E-state index contributed by atoms with van der Waals surface area (Å²) in [4.78, 5) is 10.6. The van der Waals surface area contributed by atoms with Crippen molar-refractivity contribution >= 4 is 27.3 Å². The highest BCUT2D eigenvalue weighted by Gasteiger charge is 2.31. The lowest BCUT2D eigenvalue weighted by molar-refractivity contribution is 0.600.